The van der Waals surface area contributed by atoms with Gasteiger partial charge in [0, 0.05) is 41.3 Å². The molecule has 2 amide bonds. The average molecular weight is 363 g/mol. The van der Waals surface area contributed by atoms with Crippen LogP contribution in [0, 0.1) is 6.92 Å². The lowest BCUT2D eigenvalue weighted by Crippen LogP contribution is -2.21. The molecule has 0 aliphatic carbocycles. The third-order valence-corrected chi connectivity index (χ3v) is 4.18. The molecule has 136 valence electrons. The first-order valence-corrected chi connectivity index (χ1v) is 7.97. The molecule has 0 bridgehead atoms. The minimum Gasteiger partial charge on any atom is -0.326 e. The van der Waals surface area contributed by atoms with E-state index in [2.05, 4.69) is 15.6 Å². The van der Waals surface area contributed by atoms with Crippen molar-refractivity contribution in [1.82, 2.24) is 4.98 Å². The quantitative estimate of drug-likeness (QED) is 0.868. The lowest BCUT2D eigenvalue weighted by molar-refractivity contribution is -0.116. The highest BCUT2D eigenvalue weighted by Crippen LogP contribution is 2.31. The van der Waals surface area contributed by atoms with Crippen molar-refractivity contribution in [1.29, 1.82) is 0 Å². The molecule has 0 saturated carbocycles. The van der Waals surface area contributed by atoms with E-state index in [1.807, 2.05) is 0 Å². The summed E-state index contributed by atoms with van der Waals surface area (Å²) in [5, 5.41) is 5.39. The molecule has 1 aliphatic rings. The Balaban J connectivity index is 1.88. The van der Waals surface area contributed by atoms with Crippen LogP contribution >= 0.6 is 0 Å². The van der Waals surface area contributed by atoms with E-state index in [9.17, 15) is 22.8 Å². The van der Waals surface area contributed by atoms with Crippen molar-refractivity contribution in [2.75, 3.05) is 10.6 Å². The van der Waals surface area contributed by atoms with E-state index in [1.165, 1.54) is 12.3 Å². The van der Waals surface area contributed by atoms with E-state index in [0.29, 0.717) is 24.2 Å². The molecule has 2 heterocycles. The number of anilines is 2. The number of nitrogens with one attached hydrogen (secondary N) is 2. The second-order valence-electron chi connectivity index (χ2n) is 6.03. The third-order valence-electron chi connectivity index (χ3n) is 4.18. The lowest BCUT2D eigenvalue weighted by Gasteiger charge is -2.20. The van der Waals surface area contributed by atoms with Crippen molar-refractivity contribution in [3.63, 3.8) is 0 Å². The van der Waals surface area contributed by atoms with Crippen LogP contribution in [0.3, 0.4) is 0 Å². The highest BCUT2D eigenvalue weighted by Gasteiger charge is 2.27. The van der Waals surface area contributed by atoms with Gasteiger partial charge in [-0.2, -0.15) is 0 Å². The van der Waals surface area contributed by atoms with Gasteiger partial charge < -0.3 is 10.6 Å². The number of benzene rings is 1. The molecule has 1 aromatic carbocycles. The summed E-state index contributed by atoms with van der Waals surface area (Å²) in [6.45, 7) is 1.78. The Morgan fingerprint density at radius 2 is 2.04 bits per heavy atom. The van der Waals surface area contributed by atoms with Gasteiger partial charge in [-0.1, -0.05) is 0 Å². The lowest BCUT2D eigenvalue weighted by atomic mass is 9.98. The van der Waals surface area contributed by atoms with Gasteiger partial charge in [-0.25, -0.2) is 13.2 Å². The number of amides is 2. The van der Waals surface area contributed by atoms with Gasteiger partial charge in [0.25, 0.3) is 12.3 Å². The molecule has 0 fully saturated rings. The maximum Gasteiger partial charge on any atom is 0.273 e. The summed E-state index contributed by atoms with van der Waals surface area (Å²) >= 11 is 0. The Labute approximate surface area is 147 Å². The minimum absolute atomic E-state index is 0.0696. The maximum atomic E-state index is 13.7. The molecule has 2 N–H and O–H groups in total. The summed E-state index contributed by atoms with van der Waals surface area (Å²) in [5.74, 6) is -0.773. The van der Waals surface area contributed by atoms with Crippen LogP contribution in [0.2, 0.25) is 0 Å². The number of aryl methyl sites for hydroxylation is 2. The second-order valence-corrected chi connectivity index (χ2v) is 6.03. The van der Waals surface area contributed by atoms with Gasteiger partial charge in [-0.05, 0) is 42.7 Å². The predicted molar refractivity (Wildman–Crippen MR) is 90.2 cm³/mol. The summed E-state index contributed by atoms with van der Waals surface area (Å²) < 4.78 is 39.1. The van der Waals surface area contributed by atoms with Gasteiger partial charge in [-0.15, -0.1) is 0 Å². The summed E-state index contributed by atoms with van der Waals surface area (Å²) in [4.78, 5) is 27.6. The Bertz CT molecular complexity index is 871. The van der Waals surface area contributed by atoms with E-state index in [-0.39, 0.29) is 11.5 Å². The summed E-state index contributed by atoms with van der Waals surface area (Å²) in [6.07, 6.45) is -2.80. The van der Waals surface area contributed by atoms with Crippen LogP contribution in [-0.4, -0.2) is 23.2 Å². The number of alkyl halides is 3. The number of aromatic nitrogens is 1. The molecule has 26 heavy (non-hydrogen) atoms. The standard InChI is InChI=1S/C18H16F3N3O2/c1-9-6-11(7-10-2-3-14(25)24-16(9)10)23-18(26)12-4-5-22-8-13(12)15(19)17(20)21/h4-8,15,17H,2-3H2,1H3,(H,23,26)(H,24,25). The summed E-state index contributed by atoms with van der Waals surface area (Å²) in [6, 6.07) is 4.56. The molecule has 1 aliphatic heterocycles. The first-order valence-electron chi connectivity index (χ1n) is 7.97. The van der Waals surface area contributed by atoms with Gasteiger partial charge in [-0.3, -0.25) is 14.6 Å². The van der Waals surface area contributed by atoms with Crippen LogP contribution in [0.15, 0.2) is 30.6 Å². The SMILES string of the molecule is Cc1cc(NC(=O)c2ccncc2C(F)C(F)F)cc2c1NC(=O)CC2. The smallest absolute Gasteiger partial charge is 0.273 e. The molecule has 8 heteroatoms. The van der Waals surface area contributed by atoms with Gasteiger partial charge in [0.15, 0.2) is 6.17 Å². The zero-order chi connectivity index (χ0) is 18.8. The minimum atomic E-state index is -3.25. The van der Waals surface area contributed by atoms with Gasteiger partial charge in [0.1, 0.15) is 0 Å². The molecule has 0 saturated heterocycles. The first kappa shape index (κ1) is 17.9. The number of hydrogen-bond acceptors (Lipinski definition) is 3. The number of carbonyl (C=O) groups excluding carboxylic acids is 2. The molecule has 5 nitrogen and oxygen atoms in total. The Kier molecular flexibility index (Phi) is 4.92. The molecule has 3 rings (SSSR count). The van der Waals surface area contributed by atoms with Crippen LogP contribution in [0.25, 0.3) is 0 Å². The van der Waals surface area contributed by atoms with Gasteiger partial charge in [0.05, 0.1) is 0 Å². The molecule has 0 spiro atoms. The van der Waals surface area contributed by atoms with E-state index in [1.54, 1.807) is 19.1 Å². The number of rotatable bonds is 4. The van der Waals surface area contributed by atoms with Crippen LogP contribution < -0.4 is 10.6 Å². The van der Waals surface area contributed by atoms with E-state index >= 15 is 0 Å². The molecular formula is C18H16F3N3O2. The van der Waals surface area contributed by atoms with Gasteiger partial charge in [0.2, 0.25) is 5.91 Å². The van der Waals surface area contributed by atoms with Crippen molar-refractivity contribution in [3.8, 4) is 0 Å². The highest BCUT2D eigenvalue weighted by atomic mass is 19.3. The maximum absolute atomic E-state index is 13.7. The Morgan fingerprint density at radius 3 is 2.77 bits per heavy atom. The monoisotopic (exact) mass is 363 g/mol. The predicted octanol–water partition coefficient (Wildman–Crippen LogP) is 3.80. The number of pyridine rings is 1. The number of nitrogens with zero attached hydrogens (tertiary/aromatic N) is 1. The zero-order valence-corrected chi connectivity index (χ0v) is 13.9. The molecular weight excluding hydrogens is 347 g/mol. The third kappa shape index (κ3) is 3.54. The largest absolute Gasteiger partial charge is 0.326 e. The molecule has 0 radical (unpaired) electrons. The van der Waals surface area contributed by atoms with Crippen molar-refractivity contribution >= 4 is 23.2 Å². The fourth-order valence-corrected chi connectivity index (χ4v) is 2.93. The van der Waals surface area contributed by atoms with Crippen LogP contribution in [-0.2, 0) is 11.2 Å². The molecule has 1 unspecified atom stereocenters. The van der Waals surface area contributed by atoms with E-state index < -0.39 is 24.1 Å². The fourth-order valence-electron chi connectivity index (χ4n) is 2.93. The topological polar surface area (TPSA) is 71.1 Å². The zero-order valence-electron chi connectivity index (χ0n) is 13.9. The summed E-state index contributed by atoms with van der Waals surface area (Å²) in [5.41, 5.74) is 2.13. The fraction of sp³-hybridized carbons (Fsp3) is 0.278. The van der Waals surface area contributed by atoms with Gasteiger partial charge >= 0.3 is 0 Å². The molecule has 1 atom stereocenters. The average Bonchev–Trinajstić information content (AvgIpc) is 2.61. The van der Waals surface area contributed by atoms with Crippen LogP contribution in [0.1, 0.15) is 39.6 Å². The van der Waals surface area contributed by atoms with Crippen LogP contribution in [0.5, 0.6) is 0 Å². The molecule has 1 aromatic heterocycles. The summed E-state index contributed by atoms with van der Waals surface area (Å²) in [7, 11) is 0. The van der Waals surface area contributed by atoms with Crippen molar-refractivity contribution in [2.24, 2.45) is 0 Å². The number of carbonyl (C=O) groups is 2. The van der Waals surface area contributed by atoms with E-state index in [4.69, 9.17) is 0 Å². The molecule has 2 aromatic rings. The van der Waals surface area contributed by atoms with Crippen molar-refractivity contribution < 1.29 is 22.8 Å². The van der Waals surface area contributed by atoms with E-state index in [0.717, 1.165) is 17.3 Å². The first-order chi connectivity index (χ1) is 12.4. The Hall–Kier alpha value is -2.90. The number of fused-ring (bicyclic) bond motifs is 1. The second kappa shape index (κ2) is 7.15. The van der Waals surface area contributed by atoms with Crippen molar-refractivity contribution in [2.45, 2.75) is 32.4 Å². The highest BCUT2D eigenvalue weighted by molar-refractivity contribution is 6.06. The number of halogens is 3. The number of hydrogen-bond donors (Lipinski definition) is 2. The van der Waals surface area contributed by atoms with Crippen LogP contribution in [0.4, 0.5) is 24.5 Å². The normalized spacial score (nSPS) is 14.6. The Morgan fingerprint density at radius 1 is 1.27 bits per heavy atom. The van der Waals surface area contributed by atoms with Crippen molar-refractivity contribution in [3.05, 3.63) is 52.8 Å².